The van der Waals surface area contributed by atoms with Crippen LogP contribution in [0, 0.1) is 0 Å². The maximum Gasteiger partial charge on any atom is 0.122 e. The molecule has 1 aliphatic rings. The van der Waals surface area contributed by atoms with E-state index in [0.717, 1.165) is 31.8 Å². The summed E-state index contributed by atoms with van der Waals surface area (Å²) in [6, 6.07) is 8.91. The molecule has 1 unspecified atom stereocenters. The second-order valence-electron chi connectivity index (χ2n) is 4.76. The summed E-state index contributed by atoms with van der Waals surface area (Å²) in [5.74, 6) is 1.01. The summed E-state index contributed by atoms with van der Waals surface area (Å²) in [6.45, 7) is 3.41. The average Bonchev–Trinajstić information content (AvgIpc) is 2.37. The van der Waals surface area contributed by atoms with Gasteiger partial charge in [0.2, 0.25) is 0 Å². The molecular formula is C14H22N2O. The predicted octanol–water partition coefficient (Wildman–Crippen LogP) is 1.53. The number of nitrogens with one attached hydrogen (secondary N) is 1. The standard InChI is InChI=1S/C14H22N2O/c1-16-10-9-15-13(11-16)8-7-12-5-3-4-6-14(12)17-2/h3-6,13,15H,7-11H2,1-2H3. The van der Waals surface area contributed by atoms with Crippen LogP contribution in [0.15, 0.2) is 24.3 Å². The minimum Gasteiger partial charge on any atom is -0.496 e. The number of aryl methyl sites for hydroxylation is 1. The molecule has 1 saturated heterocycles. The summed E-state index contributed by atoms with van der Waals surface area (Å²) in [6.07, 6.45) is 2.25. The summed E-state index contributed by atoms with van der Waals surface area (Å²) in [4.78, 5) is 2.39. The van der Waals surface area contributed by atoms with Gasteiger partial charge in [-0.05, 0) is 31.5 Å². The van der Waals surface area contributed by atoms with Crippen LogP contribution < -0.4 is 10.1 Å². The van der Waals surface area contributed by atoms with E-state index in [1.807, 2.05) is 12.1 Å². The van der Waals surface area contributed by atoms with Crippen molar-refractivity contribution in [3.05, 3.63) is 29.8 Å². The summed E-state index contributed by atoms with van der Waals surface area (Å²) >= 11 is 0. The fourth-order valence-electron chi connectivity index (χ4n) is 2.42. The van der Waals surface area contributed by atoms with Gasteiger partial charge >= 0.3 is 0 Å². The molecule has 1 heterocycles. The molecule has 2 rings (SSSR count). The Hall–Kier alpha value is -1.06. The Morgan fingerprint density at radius 3 is 3.00 bits per heavy atom. The third-order valence-electron chi connectivity index (χ3n) is 3.41. The molecule has 0 amide bonds. The van der Waals surface area contributed by atoms with Gasteiger partial charge in [0.1, 0.15) is 5.75 Å². The highest BCUT2D eigenvalue weighted by atomic mass is 16.5. The van der Waals surface area contributed by atoms with Crippen LogP contribution in [0.2, 0.25) is 0 Å². The van der Waals surface area contributed by atoms with Gasteiger partial charge in [0, 0.05) is 25.7 Å². The normalized spacial score (nSPS) is 21.4. The van der Waals surface area contributed by atoms with Crippen molar-refractivity contribution in [3.63, 3.8) is 0 Å². The van der Waals surface area contributed by atoms with Crippen LogP contribution in [0.5, 0.6) is 5.75 Å². The van der Waals surface area contributed by atoms with Gasteiger partial charge in [0.15, 0.2) is 0 Å². The lowest BCUT2D eigenvalue weighted by atomic mass is 10.0. The molecule has 0 spiro atoms. The summed E-state index contributed by atoms with van der Waals surface area (Å²) in [5, 5.41) is 3.57. The first kappa shape index (κ1) is 12.4. The SMILES string of the molecule is COc1ccccc1CCC1CN(C)CCN1. The van der Waals surface area contributed by atoms with Crippen molar-refractivity contribution in [3.8, 4) is 5.75 Å². The third kappa shape index (κ3) is 3.45. The largest absolute Gasteiger partial charge is 0.496 e. The highest BCUT2D eigenvalue weighted by molar-refractivity contribution is 5.33. The molecule has 1 aromatic carbocycles. The fourth-order valence-corrected chi connectivity index (χ4v) is 2.42. The lowest BCUT2D eigenvalue weighted by Crippen LogP contribution is -2.49. The number of hydrogen-bond donors (Lipinski definition) is 1. The van der Waals surface area contributed by atoms with E-state index in [2.05, 4.69) is 29.4 Å². The van der Waals surface area contributed by atoms with Crippen LogP contribution in [0.3, 0.4) is 0 Å². The number of nitrogens with zero attached hydrogens (tertiary/aromatic N) is 1. The van der Waals surface area contributed by atoms with Crippen molar-refractivity contribution >= 4 is 0 Å². The van der Waals surface area contributed by atoms with Gasteiger partial charge in [-0.3, -0.25) is 0 Å². The second kappa shape index (κ2) is 6.03. The summed E-state index contributed by atoms with van der Waals surface area (Å²) in [5.41, 5.74) is 1.31. The van der Waals surface area contributed by atoms with Crippen molar-refractivity contribution in [2.75, 3.05) is 33.8 Å². The zero-order valence-electron chi connectivity index (χ0n) is 10.8. The van der Waals surface area contributed by atoms with Gasteiger partial charge in [0.05, 0.1) is 7.11 Å². The average molecular weight is 234 g/mol. The predicted molar refractivity (Wildman–Crippen MR) is 70.6 cm³/mol. The van der Waals surface area contributed by atoms with Crippen molar-refractivity contribution in [2.24, 2.45) is 0 Å². The van der Waals surface area contributed by atoms with E-state index in [-0.39, 0.29) is 0 Å². The Morgan fingerprint density at radius 2 is 2.24 bits per heavy atom. The molecule has 1 aromatic rings. The van der Waals surface area contributed by atoms with Gasteiger partial charge in [-0.25, -0.2) is 0 Å². The molecule has 1 aliphatic heterocycles. The number of ether oxygens (including phenoxy) is 1. The lowest BCUT2D eigenvalue weighted by molar-refractivity contribution is 0.232. The van der Waals surface area contributed by atoms with Gasteiger partial charge in [-0.1, -0.05) is 18.2 Å². The molecule has 1 atom stereocenters. The zero-order chi connectivity index (χ0) is 12.1. The van der Waals surface area contributed by atoms with E-state index in [1.54, 1.807) is 7.11 Å². The molecular weight excluding hydrogens is 212 g/mol. The topological polar surface area (TPSA) is 24.5 Å². The molecule has 0 aromatic heterocycles. The minimum absolute atomic E-state index is 0.610. The zero-order valence-corrected chi connectivity index (χ0v) is 10.8. The van der Waals surface area contributed by atoms with Crippen molar-refractivity contribution < 1.29 is 4.74 Å². The minimum atomic E-state index is 0.610. The highest BCUT2D eigenvalue weighted by Crippen LogP contribution is 2.19. The number of likely N-dealkylation sites (N-methyl/N-ethyl adjacent to an activating group) is 1. The van der Waals surface area contributed by atoms with Gasteiger partial charge in [-0.15, -0.1) is 0 Å². The van der Waals surface area contributed by atoms with Gasteiger partial charge < -0.3 is 15.0 Å². The maximum absolute atomic E-state index is 5.38. The quantitative estimate of drug-likeness (QED) is 0.855. The number of benzene rings is 1. The molecule has 3 nitrogen and oxygen atoms in total. The van der Waals surface area contributed by atoms with Crippen LogP contribution in [-0.2, 0) is 6.42 Å². The molecule has 0 radical (unpaired) electrons. The first-order chi connectivity index (χ1) is 8.29. The molecule has 0 bridgehead atoms. The monoisotopic (exact) mass is 234 g/mol. The van der Waals surface area contributed by atoms with E-state index >= 15 is 0 Å². The van der Waals surface area contributed by atoms with Crippen molar-refractivity contribution in [2.45, 2.75) is 18.9 Å². The highest BCUT2D eigenvalue weighted by Gasteiger charge is 2.16. The van der Waals surface area contributed by atoms with Gasteiger partial charge in [0.25, 0.3) is 0 Å². The van der Waals surface area contributed by atoms with Crippen molar-refractivity contribution in [1.29, 1.82) is 0 Å². The molecule has 0 saturated carbocycles. The van der Waals surface area contributed by atoms with Crippen LogP contribution in [0.1, 0.15) is 12.0 Å². The molecule has 94 valence electrons. The number of para-hydroxylation sites is 1. The van der Waals surface area contributed by atoms with Crippen LogP contribution >= 0.6 is 0 Å². The molecule has 17 heavy (non-hydrogen) atoms. The molecule has 0 aliphatic carbocycles. The first-order valence-electron chi connectivity index (χ1n) is 6.33. The molecule has 1 fully saturated rings. The lowest BCUT2D eigenvalue weighted by Gasteiger charge is -2.31. The summed E-state index contributed by atoms with van der Waals surface area (Å²) in [7, 11) is 3.93. The Balaban J connectivity index is 1.88. The van der Waals surface area contributed by atoms with Crippen LogP contribution in [0.25, 0.3) is 0 Å². The van der Waals surface area contributed by atoms with E-state index in [9.17, 15) is 0 Å². The van der Waals surface area contributed by atoms with Crippen LogP contribution in [0.4, 0.5) is 0 Å². The Labute approximate surface area is 104 Å². The van der Waals surface area contributed by atoms with Gasteiger partial charge in [-0.2, -0.15) is 0 Å². The van der Waals surface area contributed by atoms with Crippen molar-refractivity contribution in [1.82, 2.24) is 10.2 Å². The van der Waals surface area contributed by atoms with Crippen LogP contribution in [-0.4, -0.2) is 44.7 Å². The Morgan fingerprint density at radius 1 is 1.41 bits per heavy atom. The van der Waals surface area contributed by atoms with E-state index in [4.69, 9.17) is 4.74 Å². The first-order valence-corrected chi connectivity index (χ1v) is 6.33. The number of piperazine rings is 1. The number of hydrogen-bond acceptors (Lipinski definition) is 3. The molecule has 3 heteroatoms. The second-order valence-corrected chi connectivity index (χ2v) is 4.76. The summed E-state index contributed by atoms with van der Waals surface area (Å²) < 4.78 is 5.38. The third-order valence-corrected chi connectivity index (χ3v) is 3.41. The van der Waals surface area contributed by atoms with E-state index in [1.165, 1.54) is 12.0 Å². The van der Waals surface area contributed by atoms with E-state index < -0.39 is 0 Å². The van der Waals surface area contributed by atoms with E-state index in [0.29, 0.717) is 6.04 Å². The fraction of sp³-hybridized carbons (Fsp3) is 0.571. The number of methoxy groups -OCH3 is 1. The molecule has 1 N–H and O–H groups in total. The Kier molecular flexibility index (Phi) is 4.40. The Bertz CT molecular complexity index is 354. The number of rotatable bonds is 4. The smallest absolute Gasteiger partial charge is 0.122 e. The maximum atomic E-state index is 5.38.